The van der Waals surface area contributed by atoms with E-state index in [-0.39, 0.29) is 11.7 Å². The van der Waals surface area contributed by atoms with E-state index in [0.717, 1.165) is 0 Å². The Balaban J connectivity index is 1.65. The van der Waals surface area contributed by atoms with E-state index in [0.29, 0.717) is 16.9 Å². The van der Waals surface area contributed by atoms with Crippen molar-refractivity contribution >= 4 is 23.4 Å². The Bertz CT molecular complexity index is 864. The van der Waals surface area contributed by atoms with Crippen LogP contribution in [0.25, 0.3) is 0 Å². The zero-order valence-corrected chi connectivity index (χ0v) is 13.3. The molecule has 0 aromatic heterocycles. The molecule has 124 valence electrons. The second kappa shape index (κ2) is 7.79. The van der Waals surface area contributed by atoms with Crippen molar-refractivity contribution in [1.82, 2.24) is 0 Å². The number of carbonyl (C=O) groups is 2. The summed E-state index contributed by atoms with van der Waals surface area (Å²) in [4.78, 5) is 24.2. The van der Waals surface area contributed by atoms with E-state index < -0.39 is 6.09 Å². The summed E-state index contributed by atoms with van der Waals surface area (Å²) >= 11 is 0. The van der Waals surface area contributed by atoms with Crippen LogP contribution in [0.15, 0.2) is 84.9 Å². The molecular formula is C20H16N2O3. The molecule has 0 saturated heterocycles. The lowest BCUT2D eigenvalue weighted by molar-refractivity contribution is 0.102. The Hall–Kier alpha value is -3.60. The van der Waals surface area contributed by atoms with Gasteiger partial charge in [0.1, 0.15) is 5.75 Å². The van der Waals surface area contributed by atoms with E-state index in [2.05, 4.69) is 10.6 Å². The van der Waals surface area contributed by atoms with Gasteiger partial charge in [0, 0.05) is 16.9 Å². The number of hydrogen-bond acceptors (Lipinski definition) is 3. The molecule has 3 aromatic carbocycles. The predicted octanol–water partition coefficient (Wildman–Crippen LogP) is 4.55. The molecule has 0 bridgehead atoms. The topological polar surface area (TPSA) is 67.4 Å². The number of anilines is 2. The molecule has 0 spiro atoms. The van der Waals surface area contributed by atoms with Crippen molar-refractivity contribution in [1.29, 1.82) is 0 Å². The molecule has 2 amide bonds. The molecule has 2 N–H and O–H groups in total. The third kappa shape index (κ3) is 4.68. The number of ether oxygens (including phenoxy) is 1. The third-order valence-electron chi connectivity index (χ3n) is 3.36. The van der Waals surface area contributed by atoms with E-state index >= 15 is 0 Å². The first-order chi connectivity index (χ1) is 12.2. The zero-order valence-electron chi connectivity index (χ0n) is 13.3. The minimum atomic E-state index is -0.619. The van der Waals surface area contributed by atoms with E-state index in [9.17, 15) is 9.59 Å². The summed E-state index contributed by atoms with van der Waals surface area (Å²) in [6, 6.07) is 24.6. The number of carbonyl (C=O) groups excluding carboxylic acids is 2. The molecule has 0 unspecified atom stereocenters. The highest BCUT2D eigenvalue weighted by Crippen LogP contribution is 2.16. The number of para-hydroxylation sites is 2. The molecule has 5 nitrogen and oxygen atoms in total. The number of hydrogen-bond donors (Lipinski definition) is 2. The SMILES string of the molecule is O=C(Nc1ccccc1)Oc1cccc(C(=O)Nc2ccccc2)c1. The first-order valence-corrected chi connectivity index (χ1v) is 7.71. The molecule has 0 aliphatic carbocycles. The molecule has 5 heteroatoms. The number of nitrogens with one attached hydrogen (secondary N) is 2. The van der Waals surface area contributed by atoms with E-state index in [1.165, 1.54) is 6.07 Å². The Labute approximate surface area is 145 Å². The maximum Gasteiger partial charge on any atom is 0.417 e. The molecule has 3 aromatic rings. The van der Waals surface area contributed by atoms with Crippen LogP contribution in [0.2, 0.25) is 0 Å². The maximum atomic E-state index is 12.3. The van der Waals surface area contributed by atoms with Crippen LogP contribution >= 0.6 is 0 Å². The summed E-state index contributed by atoms with van der Waals surface area (Å²) < 4.78 is 5.23. The number of amides is 2. The Morgan fingerprint density at radius 1 is 0.680 bits per heavy atom. The van der Waals surface area contributed by atoms with Gasteiger partial charge in [-0.2, -0.15) is 0 Å². The first-order valence-electron chi connectivity index (χ1n) is 7.71. The first kappa shape index (κ1) is 16.3. The van der Waals surface area contributed by atoms with Gasteiger partial charge < -0.3 is 10.1 Å². The quantitative estimate of drug-likeness (QED) is 0.736. The molecule has 0 atom stereocenters. The highest BCUT2D eigenvalue weighted by Gasteiger charge is 2.10. The van der Waals surface area contributed by atoms with Crippen molar-refractivity contribution in [3.8, 4) is 5.75 Å². The van der Waals surface area contributed by atoms with Crippen LogP contribution in [0, 0.1) is 0 Å². The van der Waals surface area contributed by atoms with Crippen LogP contribution in [0.5, 0.6) is 5.75 Å². The normalized spacial score (nSPS) is 9.92. The largest absolute Gasteiger partial charge is 0.417 e. The van der Waals surface area contributed by atoms with Crippen LogP contribution in [-0.4, -0.2) is 12.0 Å². The summed E-state index contributed by atoms with van der Waals surface area (Å²) in [5.74, 6) is 0.00857. The predicted molar refractivity (Wildman–Crippen MR) is 96.9 cm³/mol. The molecule has 0 fully saturated rings. The van der Waals surface area contributed by atoms with Gasteiger partial charge in [-0.15, -0.1) is 0 Å². The fraction of sp³-hybridized carbons (Fsp3) is 0. The van der Waals surface area contributed by atoms with Crippen LogP contribution in [0.3, 0.4) is 0 Å². The molecule has 25 heavy (non-hydrogen) atoms. The van der Waals surface area contributed by atoms with Gasteiger partial charge in [0.25, 0.3) is 5.91 Å². The molecule has 0 heterocycles. The van der Waals surface area contributed by atoms with Gasteiger partial charge in [0.15, 0.2) is 0 Å². The van der Waals surface area contributed by atoms with Crippen LogP contribution in [0.1, 0.15) is 10.4 Å². The third-order valence-corrected chi connectivity index (χ3v) is 3.36. The number of benzene rings is 3. The number of rotatable bonds is 4. The summed E-state index contributed by atoms with van der Waals surface area (Å²) in [7, 11) is 0. The highest BCUT2D eigenvalue weighted by atomic mass is 16.6. The fourth-order valence-corrected chi connectivity index (χ4v) is 2.20. The van der Waals surface area contributed by atoms with Crippen LogP contribution in [-0.2, 0) is 0 Å². The van der Waals surface area contributed by atoms with Crippen molar-refractivity contribution in [3.05, 3.63) is 90.5 Å². The second-order valence-corrected chi connectivity index (χ2v) is 5.23. The van der Waals surface area contributed by atoms with Crippen LogP contribution < -0.4 is 15.4 Å². The molecule has 0 radical (unpaired) electrons. The standard InChI is InChI=1S/C20H16N2O3/c23-19(21-16-9-3-1-4-10-16)15-8-7-13-18(14-15)25-20(24)22-17-11-5-2-6-12-17/h1-14H,(H,21,23)(H,22,24). The molecule has 0 aliphatic heterocycles. The Morgan fingerprint density at radius 2 is 1.28 bits per heavy atom. The summed E-state index contributed by atoms with van der Waals surface area (Å²) in [5.41, 5.74) is 1.72. The van der Waals surface area contributed by atoms with Crippen molar-refractivity contribution < 1.29 is 14.3 Å². The van der Waals surface area contributed by atoms with Gasteiger partial charge >= 0.3 is 6.09 Å². The molecular weight excluding hydrogens is 316 g/mol. The van der Waals surface area contributed by atoms with Crippen molar-refractivity contribution in [2.24, 2.45) is 0 Å². The van der Waals surface area contributed by atoms with Gasteiger partial charge in [-0.25, -0.2) is 4.79 Å². The van der Waals surface area contributed by atoms with Crippen LogP contribution in [0.4, 0.5) is 16.2 Å². The average molecular weight is 332 g/mol. The summed E-state index contributed by atoms with van der Waals surface area (Å²) in [6.07, 6.45) is -0.619. The second-order valence-electron chi connectivity index (χ2n) is 5.23. The zero-order chi connectivity index (χ0) is 17.5. The minimum Gasteiger partial charge on any atom is -0.410 e. The van der Waals surface area contributed by atoms with E-state index in [4.69, 9.17) is 4.74 Å². The Morgan fingerprint density at radius 3 is 1.92 bits per heavy atom. The van der Waals surface area contributed by atoms with E-state index in [1.54, 1.807) is 42.5 Å². The van der Waals surface area contributed by atoms with Crippen molar-refractivity contribution in [2.75, 3.05) is 10.6 Å². The monoisotopic (exact) mass is 332 g/mol. The summed E-state index contributed by atoms with van der Waals surface area (Å²) in [5, 5.41) is 5.40. The van der Waals surface area contributed by atoms with Crippen molar-refractivity contribution in [2.45, 2.75) is 0 Å². The minimum absolute atomic E-state index is 0.278. The van der Waals surface area contributed by atoms with Gasteiger partial charge in [0.2, 0.25) is 0 Å². The highest BCUT2D eigenvalue weighted by molar-refractivity contribution is 6.04. The lowest BCUT2D eigenvalue weighted by Crippen LogP contribution is -2.17. The fourth-order valence-electron chi connectivity index (χ4n) is 2.20. The molecule has 0 saturated carbocycles. The summed E-state index contributed by atoms with van der Waals surface area (Å²) in [6.45, 7) is 0. The lowest BCUT2D eigenvalue weighted by atomic mass is 10.2. The molecule has 3 rings (SSSR count). The maximum absolute atomic E-state index is 12.3. The van der Waals surface area contributed by atoms with Gasteiger partial charge in [-0.1, -0.05) is 42.5 Å². The van der Waals surface area contributed by atoms with Crippen molar-refractivity contribution in [3.63, 3.8) is 0 Å². The van der Waals surface area contributed by atoms with E-state index in [1.807, 2.05) is 36.4 Å². The van der Waals surface area contributed by atoms with Gasteiger partial charge in [-0.3, -0.25) is 10.1 Å². The smallest absolute Gasteiger partial charge is 0.410 e. The molecule has 0 aliphatic rings. The lowest BCUT2D eigenvalue weighted by Gasteiger charge is -2.08. The van der Waals surface area contributed by atoms with Gasteiger partial charge in [-0.05, 0) is 42.5 Å². The average Bonchev–Trinajstić information content (AvgIpc) is 2.63. The van der Waals surface area contributed by atoms with Gasteiger partial charge in [0.05, 0.1) is 0 Å². The Kier molecular flexibility index (Phi) is 5.07.